The van der Waals surface area contributed by atoms with Gasteiger partial charge in [-0.25, -0.2) is 0 Å². The number of benzene rings is 1. The molecule has 2 aromatic rings. The maximum Gasteiger partial charge on any atom is 0.164 e. The van der Waals surface area contributed by atoms with Crippen LogP contribution in [-0.2, 0) is 6.54 Å². The van der Waals surface area contributed by atoms with Gasteiger partial charge in [-0.05, 0) is 24.6 Å². The fourth-order valence-electron chi connectivity index (χ4n) is 1.90. The molecule has 19 heavy (non-hydrogen) atoms. The van der Waals surface area contributed by atoms with Gasteiger partial charge >= 0.3 is 0 Å². The molecule has 0 radical (unpaired) electrons. The van der Waals surface area contributed by atoms with E-state index >= 15 is 0 Å². The predicted octanol–water partition coefficient (Wildman–Crippen LogP) is 3.55. The first kappa shape index (κ1) is 13.4. The number of Topliss-reactive ketones (excluding diaryl/α,β-unsaturated/α-hetero) is 1. The second-order valence-corrected chi connectivity index (χ2v) is 4.43. The normalized spacial score (nSPS) is 10.4. The molecule has 0 aliphatic heterocycles. The Hall–Kier alpha value is -2.03. The average Bonchev–Trinajstić information content (AvgIpc) is 2.93. The van der Waals surface area contributed by atoms with Crippen LogP contribution in [0.25, 0.3) is 0 Å². The van der Waals surface area contributed by atoms with Gasteiger partial charge in [-0.3, -0.25) is 4.79 Å². The van der Waals surface area contributed by atoms with Crippen LogP contribution in [0.1, 0.15) is 30.1 Å². The van der Waals surface area contributed by atoms with E-state index in [0.29, 0.717) is 13.0 Å². The first-order valence-electron chi connectivity index (χ1n) is 6.66. The summed E-state index contributed by atoms with van der Waals surface area (Å²) in [6.45, 7) is 3.43. The van der Waals surface area contributed by atoms with E-state index in [1.807, 2.05) is 60.3 Å². The van der Waals surface area contributed by atoms with Crippen molar-refractivity contribution in [3.8, 4) is 5.75 Å². The van der Waals surface area contributed by atoms with Crippen molar-refractivity contribution in [1.29, 1.82) is 0 Å². The first-order chi connectivity index (χ1) is 9.29. The van der Waals surface area contributed by atoms with Crippen molar-refractivity contribution in [2.75, 3.05) is 6.61 Å². The topological polar surface area (TPSA) is 31.2 Å². The van der Waals surface area contributed by atoms with E-state index in [1.165, 1.54) is 0 Å². The quantitative estimate of drug-likeness (QED) is 0.561. The van der Waals surface area contributed by atoms with Crippen molar-refractivity contribution < 1.29 is 9.53 Å². The van der Waals surface area contributed by atoms with Gasteiger partial charge < -0.3 is 9.30 Å². The van der Waals surface area contributed by atoms with Crippen molar-refractivity contribution in [2.45, 2.75) is 26.3 Å². The predicted molar refractivity (Wildman–Crippen MR) is 75.6 cm³/mol. The lowest BCUT2D eigenvalue weighted by Gasteiger charge is -2.06. The maximum atomic E-state index is 11.5. The Morgan fingerprint density at radius 3 is 2.74 bits per heavy atom. The molecule has 0 amide bonds. The molecule has 0 saturated heterocycles. The van der Waals surface area contributed by atoms with Crippen LogP contribution in [0.15, 0.2) is 48.8 Å². The summed E-state index contributed by atoms with van der Waals surface area (Å²) in [5, 5.41) is 0. The van der Waals surface area contributed by atoms with Gasteiger partial charge in [0.15, 0.2) is 5.78 Å². The zero-order chi connectivity index (χ0) is 13.5. The van der Waals surface area contributed by atoms with Gasteiger partial charge in [0, 0.05) is 30.9 Å². The largest absolute Gasteiger partial charge is 0.494 e. The highest BCUT2D eigenvalue weighted by Crippen LogP contribution is 2.09. The molecular formula is C16H19NO2. The molecule has 0 bridgehead atoms. The van der Waals surface area contributed by atoms with Gasteiger partial charge in [-0.1, -0.05) is 25.1 Å². The number of ether oxygens (including phenoxy) is 1. The SMILES string of the molecule is CCC(=O)c1ccn(CCCOc2ccccc2)c1. The number of ketones is 1. The smallest absolute Gasteiger partial charge is 0.164 e. The number of aryl methyl sites for hydroxylation is 1. The number of rotatable bonds is 7. The number of carbonyl (C=O) groups excluding carboxylic acids is 1. The molecule has 1 heterocycles. The Morgan fingerprint density at radius 1 is 1.21 bits per heavy atom. The van der Waals surface area contributed by atoms with E-state index in [-0.39, 0.29) is 5.78 Å². The van der Waals surface area contributed by atoms with E-state index in [0.717, 1.165) is 24.3 Å². The monoisotopic (exact) mass is 257 g/mol. The van der Waals surface area contributed by atoms with Crippen molar-refractivity contribution in [3.05, 3.63) is 54.4 Å². The van der Waals surface area contributed by atoms with Gasteiger partial charge in [0.2, 0.25) is 0 Å². The fraction of sp³-hybridized carbons (Fsp3) is 0.312. The summed E-state index contributed by atoms with van der Waals surface area (Å²) in [7, 11) is 0. The highest BCUT2D eigenvalue weighted by Gasteiger charge is 2.04. The number of carbonyl (C=O) groups is 1. The summed E-state index contributed by atoms with van der Waals surface area (Å²) in [4.78, 5) is 11.5. The molecule has 0 spiro atoms. The van der Waals surface area contributed by atoms with E-state index < -0.39 is 0 Å². The zero-order valence-corrected chi connectivity index (χ0v) is 11.2. The summed E-state index contributed by atoms with van der Waals surface area (Å²) in [5.74, 6) is 1.09. The molecule has 0 saturated carbocycles. The molecule has 100 valence electrons. The standard InChI is InChI=1S/C16H19NO2/c1-2-16(18)14-9-11-17(13-14)10-6-12-19-15-7-4-3-5-8-15/h3-5,7-9,11,13H,2,6,10,12H2,1H3. The summed E-state index contributed by atoms with van der Waals surface area (Å²) >= 11 is 0. The van der Waals surface area contributed by atoms with Crippen LogP contribution in [0.3, 0.4) is 0 Å². The number of para-hydroxylation sites is 1. The second-order valence-electron chi connectivity index (χ2n) is 4.43. The lowest BCUT2D eigenvalue weighted by atomic mass is 10.2. The van der Waals surface area contributed by atoms with E-state index in [1.54, 1.807) is 0 Å². The third-order valence-electron chi connectivity index (χ3n) is 2.97. The minimum absolute atomic E-state index is 0.194. The highest BCUT2D eigenvalue weighted by molar-refractivity contribution is 5.95. The Labute approximate surface area is 113 Å². The van der Waals surface area contributed by atoms with Gasteiger partial charge in [0.05, 0.1) is 6.61 Å². The van der Waals surface area contributed by atoms with Crippen molar-refractivity contribution in [1.82, 2.24) is 4.57 Å². The van der Waals surface area contributed by atoms with E-state index in [9.17, 15) is 4.79 Å². The van der Waals surface area contributed by atoms with Crippen LogP contribution < -0.4 is 4.74 Å². The summed E-state index contributed by atoms with van der Waals surface area (Å²) in [5.41, 5.74) is 0.798. The van der Waals surface area contributed by atoms with Gasteiger partial charge in [0.25, 0.3) is 0 Å². The van der Waals surface area contributed by atoms with Crippen LogP contribution in [-0.4, -0.2) is 17.0 Å². The van der Waals surface area contributed by atoms with Crippen molar-refractivity contribution in [3.63, 3.8) is 0 Å². The number of hydrogen-bond donors (Lipinski definition) is 0. The van der Waals surface area contributed by atoms with Crippen LogP contribution in [0, 0.1) is 0 Å². The lowest BCUT2D eigenvalue weighted by Crippen LogP contribution is -2.03. The molecule has 0 unspecified atom stereocenters. The molecule has 0 N–H and O–H groups in total. The third kappa shape index (κ3) is 3.98. The highest BCUT2D eigenvalue weighted by atomic mass is 16.5. The van der Waals surface area contributed by atoms with Gasteiger partial charge in [-0.2, -0.15) is 0 Å². The van der Waals surface area contributed by atoms with Crippen LogP contribution in [0.2, 0.25) is 0 Å². The Kier molecular flexibility index (Phi) is 4.78. The van der Waals surface area contributed by atoms with Gasteiger partial charge in [-0.15, -0.1) is 0 Å². The van der Waals surface area contributed by atoms with Crippen LogP contribution in [0.5, 0.6) is 5.75 Å². The molecule has 1 aromatic heterocycles. The molecule has 3 nitrogen and oxygen atoms in total. The Morgan fingerprint density at radius 2 is 2.00 bits per heavy atom. The van der Waals surface area contributed by atoms with Crippen LogP contribution in [0.4, 0.5) is 0 Å². The Balaban J connectivity index is 1.74. The maximum absolute atomic E-state index is 11.5. The summed E-state index contributed by atoms with van der Waals surface area (Å²) in [6.07, 6.45) is 5.34. The van der Waals surface area contributed by atoms with Crippen LogP contribution >= 0.6 is 0 Å². The average molecular weight is 257 g/mol. The molecule has 1 aromatic carbocycles. The zero-order valence-electron chi connectivity index (χ0n) is 11.2. The third-order valence-corrected chi connectivity index (χ3v) is 2.97. The second kappa shape index (κ2) is 6.78. The fourth-order valence-corrected chi connectivity index (χ4v) is 1.90. The molecule has 3 heteroatoms. The van der Waals surface area contributed by atoms with Gasteiger partial charge in [0.1, 0.15) is 5.75 Å². The molecule has 2 rings (SSSR count). The lowest BCUT2D eigenvalue weighted by molar-refractivity contribution is 0.0988. The molecule has 0 aliphatic rings. The number of nitrogens with zero attached hydrogens (tertiary/aromatic N) is 1. The Bertz CT molecular complexity index is 517. The van der Waals surface area contributed by atoms with E-state index in [2.05, 4.69) is 0 Å². The number of hydrogen-bond acceptors (Lipinski definition) is 2. The van der Waals surface area contributed by atoms with E-state index in [4.69, 9.17) is 4.74 Å². The van der Waals surface area contributed by atoms with Crippen molar-refractivity contribution in [2.24, 2.45) is 0 Å². The molecule has 0 atom stereocenters. The number of aromatic nitrogens is 1. The molecular weight excluding hydrogens is 238 g/mol. The molecule has 0 fully saturated rings. The van der Waals surface area contributed by atoms with Crippen molar-refractivity contribution >= 4 is 5.78 Å². The minimum atomic E-state index is 0.194. The summed E-state index contributed by atoms with van der Waals surface area (Å²) in [6, 6.07) is 11.7. The first-order valence-corrected chi connectivity index (χ1v) is 6.66. The summed E-state index contributed by atoms with van der Waals surface area (Å²) < 4.78 is 7.66. The molecule has 0 aliphatic carbocycles. The minimum Gasteiger partial charge on any atom is -0.494 e.